The van der Waals surface area contributed by atoms with E-state index in [9.17, 15) is 4.79 Å². The fourth-order valence-electron chi connectivity index (χ4n) is 1.03. The predicted octanol–water partition coefficient (Wildman–Crippen LogP) is 1.07. The Morgan fingerprint density at radius 1 is 1.83 bits per heavy atom. The van der Waals surface area contributed by atoms with Crippen molar-refractivity contribution in [3.05, 3.63) is 0 Å². The molecule has 1 N–H and O–H groups in total. The van der Waals surface area contributed by atoms with E-state index in [0.29, 0.717) is 12.1 Å². The van der Waals surface area contributed by atoms with Crippen LogP contribution in [0.3, 0.4) is 0 Å². The maximum Gasteiger partial charge on any atom is 0.305 e. The first-order chi connectivity index (χ1) is 5.64. The van der Waals surface area contributed by atoms with Gasteiger partial charge in [0.05, 0.1) is 11.4 Å². The second-order valence-electron chi connectivity index (χ2n) is 2.60. The summed E-state index contributed by atoms with van der Waals surface area (Å²) in [6, 6.07) is 0. The smallest absolute Gasteiger partial charge is 0.305 e. The number of aliphatic imine (C=N–C) groups is 1. The minimum atomic E-state index is -0.647. The number of terminal acetylenes is 1. The fourth-order valence-corrected chi connectivity index (χ4v) is 1.96. The van der Waals surface area contributed by atoms with Crippen molar-refractivity contribution in [3.8, 4) is 12.3 Å². The highest BCUT2D eigenvalue weighted by atomic mass is 32.2. The van der Waals surface area contributed by atoms with Crippen molar-refractivity contribution in [2.24, 2.45) is 4.99 Å². The lowest BCUT2D eigenvalue weighted by molar-refractivity contribution is 0.267. The van der Waals surface area contributed by atoms with Gasteiger partial charge in [0.2, 0.25) is 0 Å². The van der Waals surface area contributed by atoms with Crippen LogP contribution in [0.2, 0.25) is 0 Å². The van der Waals surface area contributed by atoms with E-state index >= 15 is 0 Å². The summed E-state index contributed by atoms with van der Waals surface area (Å²) in [5.41, 5.74) is 0.623. The lowest BCUT2D eigenvalue weighted by Crippen LogP contribution is -2.34. The van der Waals surface area contributed by atoms with Crippen LogP contribution in [-0.4, -0.2) is 27.4 Å². The molecule has 0 aromatic heterocycles. The van der Waals surface area contributed by atoms with E-state index in [1.54, 1.807) is 6.92 Å². The maximum atomic E-state index is 10.9. The normalized spacial score (nSPS) is 28.4. The maximum absolute atomic E-state index is 10.9. The van der Waals surface area contributed by atoms with Crippen LogP contribution in [0.25, 0.3) is 0 Å². The molecule has 1 unspecified atom stereocenters. The summed E-state index contributed by atoms with van der Waals surface area (Å²) in [6.07, 6.45) is 5.48. The number of nitrogens with zero attached hydrogens (tertiary/aromatic N) is 1. The number of carbonyl (C=O) groups is 1. The molecule has 3 nitrogen and oxygen atoms in total. The second kappa shape index (κ2) is 3.30. The summed E-state index contributed by atoms with van der Waals surface area (Å²) < 4.78 is -0.647. The van der Waals surface area contributed by atoms with Crippen molar-refractivity contribution < 1.29 is 9.90 Å². The van der Waals surface area contributed by atoms with Gasteiger partial charge in [-0.25, -0.2) is 4.99 Å². The summed E-state index contributed by atoms with van der Waals surface area (Å²) >= 11 is 1.01. The highest BCUT2D eigenvalue weighted by molar-refractivity contribution is 8.16. The molecule has 0 radical (unpaired) electrons. The van der Waals surface area contributed by atoms with Gasteiger partial charge >= 0.3 is 5.24 Å². The SMILES string of the molecule is C#CCC1(CO)SC(=O)N=C1C. The third-order valence-electron chi connectivity index (χ3n) is 1.84. The van der Waals surface area contributed by atoms with Crippen LogP contribution in [0.1, 0.15) is 13.3 Å². The Balaban J connectivity index is 2.91. The first kappa shape index (κ1) is 9.30. The Labute approximate surface area is 75.3 Å². The van der Waals surface area contributed by atoms with Crippen molar-refractivity contribution in [2.75, 3.05) is 6.61 Å². The van der Waals surface area contributed by atoms with E-state index in [1.165, 1.54) is 0 Å². The fraction of sp³-hybridized carbons (Fsp3) is 0.500. The summed E-state index contributed by atoms with van der Waals surface area (Å²) in [6.45, 7) is 1.58. The molecule has 0 spiro atoms. The Hall–Kier alpha value is -0.790. The third kappa shape index (κ3) is 1.38. The third-order valence-corrected chi connectivity index (χ3v) is 3.07. The Bertz CT molecular complexity index is 279. The Morgan fingerprint density at radius 3 is 2.83 bits per heavy atom. The number of rotatable bonds is 2. The summed E-state index contributed by atoms with van der Waals surface area (Å²) in [5.74, 6) is 2.44. The molecule has 64 valence electrons. The van der Waals surface area contributed by atoms with Crippen molar-refractivity contribution in [2.45, 2.75) is 18.1 Å². The van der Waals surface area contributed by atoms with Crippen LogP contribution < -0.4 is 0 Å². The zero-order valence-electron chi connectivity index (χ0n) is 6.70. The average Bonchev–Trinajstić information content (AvgIpc) is 2.28. The molecule has 0 saturated carbocycles. The molecule has 0 fully saturated rings. The standard InChI is InChI=1S/C8H9NO2S/c1-3-4-8(5-10)6(2)9-7(11)12-8/h1,10H,4-5H2,2H3. The molecule has 4 heteroatoms. The van der Waals surface area contributed by atoms with Gasteiger partial charge in [0, 0.05) is 12.1 Å². The van der Waals surface area contributed by atoms with Crippen molar-refractivity contribution in [1.29, 1.82) is 0 Å². The largest absolute Gasteiger partial charge is 0.394 e. The number of hydrogen-bond acceptors (Lipinski definition) is 3. The van der Waals surface area contributed by atoms with E-state index in [-0.39, 0.29) is 11.8 Å². The van der Waals surface area contributed by atoms with E-state index in [2.05, 4.69) is 10.9 Å². The molecular weight excluding hydrogens is 174 g/mol. The molecule has 0 aromatic rings. The van der Waals surface area contributed by atoms with Gasteiger partial charge in [0.15, 0.2) is 0 Å². The van der Waals surface area contributed by atoms with Gasteiger partial charge in [-0.1, -0.05) is 0 Å². The molecule has 12 heavy (non-hydrogen) atoms. The van der Waals surface area contributed by atoms with E-state index < -0.39 is 4.75 Å². The van der Waals surface area contributed by atoms with Crippen LogP contribution in [0.5, 0.6) is 0 Å². The molecule has 0 aromatic carbocycles. The predicted molar refractivity (Wildman–Crippen MR) is 49.4 cm³/mol. The first-order valence-corrected chi connectivity index (χ1v) is 4.29. The molecular formula is C8H9NO2S. The second-order valence-corrected chi connectivity index (χ2v) is 3.93. The zero-order valence-corrected chi connectivity index (χ0v) is 7.52. The van der Waals surface area contributed by atoms with Crippen LogP contribution >= 0.6 is 11.8 Å². The molecule has 1 atom stereocenters. The Kier molecular flexibility index (Phi) is 2.55. The van der Waals surface area contributed by atoms with Gasteiger partial charge in [-0.2, -0.15) is 0 Å². The van der Waals surface area contributed by atoms with E-state index in [1.807, 2.05) is 0 Å². The van der Waals surface area contributed by atoms with Crippen molar-refractivity contribution in [1.82, 2.24) is 0 Å². The van der Waals surface area contributed by atoms with E-state index in [0.717, 1.165) is 11.8 Å². The van der Waals surface area contributed by atoms with Gasteiger partial charge in [0.25, 0.3) is 0 Å². The lowest BCUT2D eigenvalue weighted by atomic mass is 10.0. The highest BCUT2D eigenvalue weighted by Crippen LogP contribution is 2.36. The monoisotopic (exact) mass is 183 g/mol. The number of thioether (sulfide) groups is 1. The summed E-state index contributed by atoms with van der Waals surface area (Å²) in [7, 11) is 0. The highest BCUT2D eigenvalue weighted by Gasteiger charge is 2.40. The van der Waals surface area contributed by atoms with E-state index in [4.69, 9.17) is 11.5 Å². The van der Waals surface area contributed by atoms with Crippen LogP contribution in [-0.2, 0) is 0 Å². The summed E-state index contributed by atoms with van der Waals surface area (Å²) in [4.78, 5) is 14.6. The number of carbonyl (C=O) groups excluding carboxylic acids is 1. The lowest BCUT2D eigenvalue weighted by Gasteiger charge is -2.21. The topological polar surface area (TPSA) is 49.7 Å². The number of aliphatic hydroxyl groups is 1. The average molecular weight is 183 g/mol. The molecule has 1 heterocycles. The van der Waals surface area contributed by atoms with Crippen LogP contribution in [0, 0.1) is 12.3 Å². The Morgan fingerprint density at radius 2 is 2.50 bits per heavy atom. The number of amides is 1. The molecule has 1 amide bonds. The first-order valence-electron chi connectivity index (χ1n) is 3.48. The van der Waals surface area contributed by atoms with Gasteiger partial charge in [0.1, 0.15) is 0 Å². The van der Waals surface area contributed by atoms with Crippen LogP contribution in [0.4, 0.5) is 4.79 Å². The van der Waals surface area contributed by atoms with Gasteiger partial charge in [-0.05, 0) is 18.7 Å². The van der Waals surface area contributed by atoms with Gasteiger partial charge < -0.3 is 5.11 Å². The molecule has 1 aliphatic rings. The minimum Gasteiger partial charge on any atom is -0.394 e. The van der Waals surface area contributed by atoms with Gasteiger partial charge in [-0.15, -0.1) is 12.3 Å². The molecule has 0 bridgehead atoms. The molecule has 0 saturated heterocycles. The van der Waals surface area contributed by atoms with Crippen molar-refractivity contribution >= 4 is 22.7 Å². The zero-order chi connectivity index (χ0) is 9.19. The number of aliphatic hydroxyl groups excluding tert-OH is 1. The van der Waals surface area contributed by atoms with Gasteiger partial charge in [-0.3, -0.25) is 4.79 Å². The quantitative estimate of drug-likeness (QED) is 0.651. The van der Waals surface area contributed by atoms with Crippen LogP contribution in [0.15, 0.2) is 4.99 Å². The van der Waals surface area contributed by atoms with Crippen molar-refractivity contribution in [3.63, 3.8) is 0 Å². The molecule has 1 aliphatic heterocycles. The number of hydrogen-bond donors (Lipinski definition) is 1. The minimum absolute atomic E-state index is 0.136. The molecule has 1 rings (SSSR count). The summed E-state index contributed by atoms with van der Waals surface area (Å²) in [5, 5.41) is 8.82. The molecule has 0 aliphatic carbocycles.